The molecule has 3 N–H and O–H groups in total. The summed E-state index contributed by atoms with van der Waals surface area (Å²) in [6, 6.07) is 13.4. The monoisotopic (exact) mass is 420 g/mol. The Morgan fingerprint density at radius 3 is 2.58 bits per heavy atom. The maximum absolute atomic E-state index is 12.5. The van der Waals surface area contributed by atoms with Crippen LogP contribution in [0.1, 0.15) is 56.7 Å². The van der Waals surface area contributed by atoms with Crippen molar-refractivity contribution in [3.8, 4) is 5.75 Å². The predicted octanol–water partition coefficient (Wildman–Crippen LogP) is 5.92. The SMILES string of the molecule is CC1(C)Cc2cc(OC(=O)O)ccc2NC1c1ccc(NC(=O)C2=CCCCC2)cc1. The van der Waals surface area contributed by atoms with Crippen LogP contribution in [0.3, 0.4) is 0 Å². The first-order chi connectivity index (χ1) is 14.8. The zero-order valence-corrected chi connectivity index (χ0v) is 17.9. The van der Waals surface area contributed by atoms with Crippen molar-refractivity contribution in [1.29, 1.82) is 0 Å². The average Bonchev–Trinajstić information content (AvgIpc) is 2.73. The molecule has 2 aromatic rings. The number of benzene rings is 2. The summed E-state index contributed by atoms with van der Waals surface area (Å²) in [4.78, 5) is 23.3. The van der Waals surface area contributed by atoms with Crippen LogP contribution < -0.4 is 15.4 Å². The summed E-state index contributed by atoms with van der Waals surface area (Å²) in [7, 11) is 0. The standard InChI is InChI=1S/C25H28N2O4/c1-25(2)15-18-14-20(31-24(29)30)12-13-21(18)27-22(25)16-8-10-19(11-9-16)26-23(28)17-6-4-3-5-7-17/h6,8-14,22,27H,3-5,7,15H2,1-2H3,(H,26,28)(H,29,30). The second-order valence-electron chi connectivity index (χ2n) is 8.98. The van der Waals surface area contributed by atoms with Gasteiger partial charge in [0.25, 0.3) is 5.91 Å². The average molecular weight is 421 g/mol. The van der Waals surface area contributed by atoms with Gasteiger partial charge >= 0.3 is 6.16 Å². The highest BCUT2D eigenvalue weighted by Gasteiger charge is 2.36. The Bertz CT molecular complexity index is 1020. The summed E-state index contributed by atoms with van der Waals surface area (Å²) in [5.41, 5.74) is 4.72. The van der Waals surface area contributed by atoms with Crippen molar-refractivity contribution in [2.45, 2.75) is 52.0 Å². The van der Waals surface area contributed by atoms with Gasteiger partial charge in [-0.05, 0) is 79.0 Å². The molecule has 1 unspecified atom stereocenters. The smallest absolute Gasteiger partial charge is 0.449 e. The number of hydrogen-bond donors (Lipinski definition) is 3. The van der Waals surface area contributed by atoms with Crippen LogP contribution in [0, 0.1) is 5.41 Å². The Hall–Kier alpha value is -3.28. The first-order valence-corrected chi connectivity index (χ1v) is 10.7. The van der Waals surface area contributed by atoms with E-state index in [0.717, 1.165) is 60.2 Å². The molecule has 0 aromatic heterocycles. The van der Waals surface area contributed by atoms with Crippen LogP contribution in [0.15, 0.2) is 54.1 Å². The van der Waals surface area contributed by atoms with Gasteiger partial charge in [0.2, 0.25) is 0 Å². The number of amides is 1. The van der Waals surface area contributed by atoms with E-state index in [2.05, 4.69) is 36.6 Å². The number of rotatable bonds is 4. The van der Waals surface area contributed by atoms with E-state index in [1.165, 1.54) is 0 Å². The van der Waals surface area contributed by atoms with Crippen LogP contribution in [0.2, 0.25) is 0 Å². The lowest BCUT2D eigenvalue weighted by Gasteiger charge is -2.41. The van der Waals surface area contributed by atoms with E-state index < -0.39 is 6.16 Å². The molecule has 6 nitrogen and oxygen atoms in total. The normalized spacial score (nSPS) is 19.4. The lowest BCUT2D eigenvalue weighted by molar-refractivity contribution is -0.113. The lowest BCUT2D eigenvalue weighted by Crippen LogP contribution is -2.35. The Morgan fingerprint density at radius 1 is 1.13 bits per heavy atom. The van der Waals surface area contributed by atoms with Crippen molar-refractivity contribution in [3.63, 3.8) is 0 Å². The van der Waals surface area contributed by atoms with Crippen LogP contribution in [-0.2, 0) is 11.2 Å². The summed E-state index contributed by atoms with van der Waals surface area (Å²) >= 11 is 0. The van der Waals surface area contributed by atoms with Crippen LogP contribution >= 0.6 is 0 Å². The molecule has 0 bridgehead atoms. The van der Waals surface area contributed by atoms with Gasteiger partial charge in [-0.1, -0.05) is 32.1 Å². The molecular formula is C25H28N2O4. The lowest BCUT2D eigenvalue weighted by atomic mass is 9.73. The van der Waals surface area contributed by atoms with Crippen molar-refractivity contribution in [3.05, 3.63) is 65.2 Å². The second-order valence-corrected chi connectivity index (χ2v) is 8.98. The number of carbonyl (C=O) groups is 2. The Labute approximate surface area is 182 Å². The molecule has 162 valence electrons. The molecule has 1 amide bonds. The van der Waals surface area contributed by atoms with E-state index in [1.807, 2.05) is 24.3 Å². The fourth-order valence-electron chi connectivity index (χ4n) is 4.51. The van der Waals surface area contributed by atoms with Gasteiger partial charge in [0, 0.05) is 16.9 Å². The first kappa shape index (κ1) is 21.0. The largest absolute Gasteiger partial charge is 0.511 e. The van der Waals surface area contributed by atoms with Gasteiger partial charge in [0.1, 0.15) is 5.75 Å². The minimum Gasteiger partial charge on any atom is -0.449 e. The van der Waals surface area contributed by atoms with Gasteiger partial charge in [-0.3, -0.25) is 4.79 Å². The molecule has 1 heterocycles. The first-order valence-electron chi connectivity index (χ1n) is 10.7. The van der Waals surface area contributed by atoms with Gasteiger partial charge in [-0.25, -0.2) is 4.79 Å². The van der Waals surface area contributed by atoms with Crippen molar-refractivity contribution in [2.24, 2.45) is 5.41 Å². The second kappa shape index (κ2) is 8.46. The van der Waals surface area contributed by atoms with Crippen LogP contribution in [0.25, 0.3) is 0 Å². The Morgan fingerprint density at radius 2 is 1.90 bits per heavy atom. The van der Waals surface area contributed by atoms with Crippen LogP contribution in [0.4, 0.5) is 16.2 Å². The summed E-state index contributed by atoms with van der Waals surface area (Å²) in [6.45, 7) is 4.37. The van der Waals surface area contributed by atoms with Gasteiger partial charge in [0.05, 0.1) is 6.04 Å². The van der Waals surface area contributed by atoms with Gasteiger partial charge in [-0.2, -0.15) is 0 Å². The summed E-state index contributed by atoms with van der Waals surface area (Å²) in [5, 5.41) is 15.5. The Kier molecular flexibility index (Phi) is 5.72. The van der Waals surface area contributed by atoms with E-state index in [9.17, 15) is 9.59 Å². The molecule has 1 aliphatic heterocycles. The van der Waals surface area contributed by atoms with E-state index in [-0.39, 0.29) is 17.4 Å². The number of ether oxygens (including phenoxy) is 1. The molecule has 0 saturated carbocycles. The summed E-state index contributed by atoms with van der Waals surface area (Å²) < 4.78 is 4.80. The molecule has 1 atom stereocenters. The van der Waals surface area contributed by atoms with E-state index >= 15 is 0 Å². The van der Waals surface area contributed by atoms with Crippen LogP contribution in [0.5, 0.6) is 5.75 Å². The molecule has 0 fully saturated rings. The minimum absolute atomic E-state index is 0.00289. The maximum Gasteiger partial charge on any atom is 0.511 e. The molecule has 2 aliphatic rings. The molecule has 2 aromatic carbocycles. The molecule has 4 rings (SSSR count). The number of allylic oxidation sites excluding steroid dienone is 1. The highest BCUT2D eigenvalue weighted by atomic mass is 16.7. The minimum atomic E-state index is -1.31. The highest BCUT2D eigenvalue weighted by molar-refractivity contribution is 6.03. The molecule has 1 aliphatic carbocycles. The highest BCUT2D eigenvalue weighted by Crippen LogP contribution is 2.45. The number of fused-ring (bicyclic) bond motifs is 1. The zero-order chi connectivity index (χ0) is 22.0. The summed E-state index contributed by atoms with van der Waals surface area (Å²) in [5.74, 6) is 0.326. The van der Waals surface area contributed by atoms with Crippen molar-refractivity contribution in [1.82, 2.24) is 0 Å². The number of carbonyl (C=O) groups excluding carboxylic acids is 1. The molecule has 0 spiro atoms. The molecule has 6 heteroatoms. The molecule has 31 heavy (non-hydrogen) atoms. The fourth-order valence-corrected chi connectivity index (χ4v) is 4.51. The topological polar surface area (TPSA) is 87.7 Å². The van der Waals surface area contributed by atoms with Crippen molar-refractivity contribution < 1.29 is 19.4 Å². The van der Waals surface area contributed by atoms with Crippen molar-refractivity contribution >= 4 is 23.4 Å². The zero-order valence-electron chi connectivity index (χ0n) is 17.9. The third-order valence-electron chi connectivity index (χ3n) is 6.09. The van der Waals surface area contributed by atoms with Gasteiger partial charge in [0.15, 0.2) is 0 Å². The maximum atomic E-state index is 12.5. The predicted molar refractivity (Wildman–Crippen MR) is 121 cm³/mol. The van der Waals surface area contributed by atoms with E-state index in [0.29, 0.717) is 5.75 Å². The molecular weight excluding hydrogens is 392 g/mol. The number of nitrogens with one attached hydrogen (secondary N) is 2. The van der Waals surface area contributed by atoms with Gasteiger partial charge in [-0.15, -0.1) is 0 Å². The number of carboxylic acid groups (broad SMARTS) is 1. The quantitative estimate of drug-likeness (QED) is 0.422. The molecule has 0 saturated heterocycles. The van der Waals surface area contributed by atoms with Crippen LogP contribution in [-0.4, -0.2) is 17.2 Å². The summed E-state index contributed by atoms with van der Waals surface area (Å²) in [6.07, 6.45) is 5.58. The Balaban J connectivity index is 1.49. The van der Waals surface area contributed by atoms with Crippen molar-refractivity contribution in [2.75, 3.05) is 10.6 Å². The third kappa shape index (κ3) is 4.74. The number of anilines is 2. The number of hydrogen-bond acceptors (Lipinski definition) is 4. The molecule has 0 radical (unpaired) electrons. The van der Waals surface area contributed by atoms with Gasteiger partial charge < -0.3 is 20.5 Å². The van der Waals surface area contributed by atoms with E-state index in [1.54, 1.807) is 12.1 Å². The van der Waals surface area contributed by atoms with E-state index in [4.69, 9.17) is 9.84 Å². The third-order valence-corrected chi connectivity index (χ3v) is 6.09. The fraction of sp³-hybridized carbons (Fsp3) is 0.360.